The third kappa shape index (κ3) is 5.25. The molecule has 0 aliphatic heterocycles. The highest BCUT2D eigenvalue weighted by Crippen LogP contribution is 2.32. The molecule has 1 unspecified atom stereocenters. The minimum Gasteiger partial charge on any atom is -0.352 e. The lowest BCUT2D eigenvalue weighted by molar-refractivity contribution is -0.122. The third-order valence-corrected chi connectivity index (χ3v) is 2.92. The molecule has 18 heavy (non-hydrogen) atoms. The number of nitrogens with one attached hydrogen (secondary N) is 1. The van der Waals surface area contributed by atoms with Crippen molar-refractivity contribution in [3.8, 4) is 0 Å². The average molecular weight is 295 g/mol. The van der Waals surface area contributed by atoms with Crippen molar-refractivity contribution in [3.63, 3.8) is 0 Å². The summed E-state index contributed by atoms with van der Waals surface area (Å²) in [6.07, 6.45) is 6.42. The summed E-state index contributed by atoms with van der Waals surface area (Å²) in [5.41, 5.74) is 5.62. The Labute approximate surface area is 119 Å². The maximum absolute atomic E-state index is 11.6. The van der Waals surface area contributed by atoms with Crippen LogP contribution in [0.3, 0.4) is 0 Å². The lowest BCUT2D eigenvalue weighted by Gasteiger charge is -2.15. The van der Waals surface area contributed by atoms with Crippen LogP contribution in [0, 0.1) is 5.92 Å². The van der Waals surface area contributed by atoms with E-state index >= 15 is 0 Å². The van der Waals surface area contributed by atoms with Gasteiger partial charge >= 0.3 is 0 Å². The number of rotatable bonds is 6. The molecular formula is C11H20Cl2N4O. The first-order valence-corrected chi connectivity index (χ1v) is 5.76. The molecule has 0 radical (unpaired) electrons. The van der Waals surface area contributed by atoms with Gasteiger partial charge in [-0.05, 0) is 24.8 Å². The molecule has 1 aliphatic rings. The molecule has 104 valence electrons. The van der Waals surface area contributed by atoms with Crippen molar-refractivity contribution in [1.29, 1.82) is 0 Å². The standard InChI is InChI=1S/C11H18N4O.2ClH/c12-8-10(9-2-3-9)14-11(16)4-7-15-6-1-5-13-15;;/h1,5-6,9-10H,2-4,7-8,12H2,(H,14,16);2*1H. The number of halogens is 2. The van der Waals surface area contributed by atoms with Gasteiger partial charge in [0.2, 0.25) is 5.91 Å². The molecule has 0 spiro atoms. The summed E-state index contributed by atoms with van der Waals surface area (Å²) in [6.45, 7) is 1.17. The van der Waals surface area contributed by atoms with Gasteiger partial charge in [-0.1, -0.05) is 0 Å². The zero-order chi connectivity index (χ0) is 11.4. The van der Waals surface area contributed by atoms with Crippen molar-refractivity contribution >= 4 is 30.7 Å². The number of aryl methyl sites for hydroxylation is 1. The summed E-state index contributed by atoms with van der Waals surface area (Å²) >= 11 is 0. The minimum atomic E-state index is 0. The van der Waals surface area contributed by atoms with Gasteiger partial charge in [0.15, 0.2) is 0 Å². The third-order valence-electron chi connectivity index (χ3n) is 2.92. The van der Waals surface area contributed by atoms with E-state index in [-0.39, 0.29) is 36.8 Å². The first-order valence-electron chi connectivity index (χ1n) is 5.76. The maximum atomic E-state index is 11.6. The summed E-state index contributed by atoms with van der Waals surface area (Å²) in [6, 6.07) is 2.02. The second-order valence-corrected chi connectivity index (χ2v) is 4.27. The normalized spacial score (nSPS) is 15.2. The van der Waals surface area contributed by atoms with E-state index in [0.29, 0.717) is 25.4 Å². The molecule has 1 aliphatic carbocycles. The van der Waals surface area contributed by atoms with Crippen LogP contribution in [0.15, 0.2) is 18.5 Å². The van der Waals surface area contributed by atoms with E-state index in [2.05, 4.69) is 10.4 Å². The van der Waals surface area contributed by atoms with E-state index in [1.807, 2.05) is 12.3 Å². The molecule has 7 heteroatoms. The van der Waals surface area contributed by atoms with Gasteiger partial charge in [0.05, 0.1) is 0 Å². The average Bonchev–Trinajstić information content (AvgIpc) is 3.00. The zero-order valence-electron chi connectivity index (χ0n) is 10.1. The fourth-order valence-corrected chi connectivity index (χ4v) is 1.80. The summed E-state index contributed by atoms with van der Waals surface area (Å²) in [5, 5.41) is 7.03. The fourth-order valence-electron chi connectivity index (χ4n) is 1.80. The number of aromatic nitrogens is 2. The topological polar surface area (TPSA) is 72.9 Å². The summed E-state index contributed by atoms with van der Waals surface area (Å²) in [5.74, 6) is 0.677. The molecule has 3 N–H and O–H groups in total. The predicted molar refractivity (Wildman–Crippen MR) is 75.0 cm³/mol. The second kappa shape index (κ2) is 8.34. The Morgan fingerprint density at radius 1 is 1.50 bits per heavy atom. The van der Waals surface area contributed by atoms with Crippen molar-refractivity contribution in [1.82, 2.24) is 15.1 Å². The van der Waals surface area contributed by atoms with Crippen LogP contribution in [0.4, 0.5) is 0 Å². The van der Waals surface area contributed by atoms with Crippen LogP contribution < -0.4 is 11.1 Å². The highest BCUT2D eigenvalue weighted by molar-refractivity contribution is 5.85. The molecule has 0 aromatic carbocycles. The molecule has 1 aromatic rings. The molecule has 1 aromatic heterocycles. The largest absolute Gasteiger partial charge is 0.352 e. The Hall–Kier alpha value is -0.780. The first-order chi connectivity index (χ1) is 7.79. The number of carbonyl (C=O) groups is 1. The Kier molecular flexibility index (Phi) is 7.98. The summed E-state index contributed by atoms with van der Waals surface area (Å²) in [7, 11) is 0. The van der Waals surface area contributed by atoms with Gasteiger partial charge in [0.25, 0.3) is 0 Å². The molecule has 0 saturated heterocycles. The molecule has 5 nitrogen and oxygen atoms in total. The van der Waals surface area contributed by atoms with Crippen LogP contribution in [0.5, 0.6) is 0 Å². The number of hydrogen-bond donors (Lipinski definition) is 2. The van der Waals surface area contributed by atoms with Crippen LogP contribution in [0.25, 0.3) is 0 Å². The van der Waals surface area contributed by atoms with Crippen LogP contribution in [-0.4, -0.2) is 28.3 Å². The van der Waals surface area contributed by atoms with E-state index in [1.54, 1.807) is 10.9 Å². The smallest absolute Gasteiger partial charge is 0.222 e. The Bertz CT molecular complexity index is 341. The molecule has 1 fully saturated rings. The lowest BCUT2D eigenvalue weighted by atomic mass is 10.2. The Morgan fingerprint density at radius 2 is 2.22 bits per heavy atom. The van der Waals surface area contributed by atoms with Crippen molar-refractivity contribution in [2.24, 2.45) is 11.7 Å². The van der Waals surface area contributed by atoms with E-state index in [0.717, 1.165) is 0 Å². The van der Waals surface area contributed by atoms with Crippen LogP contribution in [-0.2, 0) is 11.3 Å². The van der Waals surface area contributed by atoms with Crippen LogP contribution in [0.2, 0.25) is 0 Å². The van der Waals surface area contributed by atoms with Gasteiger partial charge in [-0.15, -0.1) is 24.8 Å². The van der Waals surface area contributed by atoms with Crippen molar-refractivity contribution in [2.75, 3.05) is 6.54 Å². The summed E-state index contributed by atoms with van der Waals surface area (Å²) in [4.78, 5) is 11.6. The SMILES string of the molecule is Cl.Cl.NCC(NC(=O)CCn1cccn1)C1CC1. The van der Waals surface area contributed by atoms with E-state index in [9.17, 15) is 4.79 Å². The monoisotopic (exact) mass is 294 g/mol. The van der Waals surface area contributed by atoms with Gasteiger partial charge < -0.3 is 11.1 Å². The molecule has 1 heterocycles. The number of nitrogens with zero attached hydrogens (tertiary/aromatic N) is 2. The number of nitrogens with two attached hydrogens (primary N) is 1. The van der Waals surface area contributed by atoms with Crippen LogP contribution >= 0.6 is 24.8 Å². The lowest BCUT2D eigenvalue weighted by Crippen LogP contribution is -2.42. The minimum absolute atomic E-state index is 0. The van der Waals surface area contributed by atoms with E-state index < -0.39 is 0 Å². The van der Waals surface area contributed by atoms with Gasteiger partial charge in [-0.3, -0.25) is 9.48 Å². The highest BCUT2D eigenvalue weighted by Gasteiger charge is 2.30. The number of hydrogen-bond acceptors (Lipinski definition) is 3. The van der Waals surface area contributed by atoms with Crippen molar-refractivity contribution < 1.29 is 4.79 Å². The quantitative estimate of drug-likeness (QED) is 0.821. The molecule has 0 bridgehead atoms. The molecule has 1 amide bonds. The van der Waals surface area contributed by atoms with Crippen LogP contribution in [0.1, 0.15) is 19.3 Å². The van der Waals surface area contributed by atoms with Gasteiger partial charge in [-0.25, -0.2) is 0 Å². The molecular weight excluding hydrogens is 275 g/mol. The first kappa shape index (κ1) is 17.2. The molecule has 2 rings (SSSR count). The molecule has 1 saturated carbocycles. The highest BCUT2D eigenvalue weighted by atomic mass is 35.5. The predicted octanol–water partition coefficient (Wildman–Crippen LogP) is 0.970. The van der Waals surface area contributed by atoms with Crippen molar-refractivity contribution in [2.45, 2.75) is 31.8 Å². The van der Waals surface area contributed by atoms with Gasteiger partial charge in [-0.2, -0.15) is 5.10 Å². The fraction of sp³-hybridized carbons (Fsp3) is 0.636. The van der Waals surface area contributed by atoms with Gasteiger partial charge in [0, 0.05) is 37.9 Å². The maximum Gasteiger partial charge on any atom is 0.222 e. The van der Waals surface area contributed by atoms with E-state index in [4.69, 9.17) is 5.73 Å². The number of amides is 1. The Morgan fingerprint density at radius 3 is 2.72 bits per heavy atom. The van der Waals surface area contributed by atoms with E-state index in [1.165, 1.54) is 12.8 Å². The zero-order valence-corrected chi connectivity index (χ0v) is 11.8. The summed E-state index contributed by atoms with van der Waals surface area (Å²) < 4.78 is 1.76. The van der Waals surface area contributed by atoms with Gasteiger partial charge in [0.1, 0.15) is 0 Å². The van der Waals surface area contributed by atoms with Crippen molar-refractivity contribution in [3.05, 3.63) is 18.5 Å². The number of carbonyl (C=O) groups excluding carboxylic acids is 1. The molecule has 1 atom stereocenters. The second-order valence-electron chi connectivity index (χ2n) is 4.27. The Balaban J connectivity index is 0.00000144.